The van der Waals surface area contributed by atoms with Gasteiger partial charge in [-0.15, -0.1) is 11.3 Å². The number of esters is 2. The maximum Gasteiger partial charge on any atom is 0.306 e. The standard InChI is InChI=1S/C33H44IN3O10S/c1-21-35-17-28(48-21)32(43)37-26(19-45-5)27(39)16-24(18-44-4)31(42)36-25(15-23-11-7-6-8-12-23)30(41)33(3,20-34)47-29(40)13-9-10-14-46-22(2)38/h6-8,11-12,17,24-26H,9-10,13-16,18-20H2,1-5H3,(H,36,42)(H,37,43)/t24-,25-,26-,33+/m0/s1. The number of methoxy groups -OCH3 is 2. The average Bonchev–Trinajstić information content (AvgIpc) is 3.49. The molecule has 0 saturated carbocycles. The summed E-state index contributed by atoms with van der Waals surface area (Å²) < 4.78 is 21.1. The summed E-state index contributed by atoms with van der Waals surface area (Å²) >= 11 is 3.14. The summed E-state index contributed by atoms with van der Waals surface area (Å²) in [7, 11) is 2.78. The van der Waals surface area contributed by atoms with Crippen LogP contribution in [0.4, 0.5) is 0 Å². The Morgan fingerprint density at radius 2 is 1.67 bits per heavy atom. The molecule has 0 radical (unpaired) electrons. The first-order valence-electron chi connectivity index (χ1n) is 15.4. The third-order valence-electron chi connectivity index (χ3n) is 7.17. The molecule has 2 amide bonds. The van der Waals surface area contributed by atoms with Gasteiger partial charge in [-0.2, -0.15) is 0 Å². The number of alkyl halides is 1. The molecule has 1 aromatic carbocycles. The van der Waals surface area contributed by atoms with Crippen molar-refractivity contribution in [3.63, 3.8) is 0 Å². The molecule has 2 rings (SSSR count). The predicted molar refractivity (Wildman–Crippen MR) is 186 cm³/mol. The lowest BCUT2D eigenvalue weighted by Gasteiger charge is -2.31. The third kappa shape index (κ3) is 13.7. The number of rotatable bonds is 22. The second-order valence-electron chi connectivity index (χ2n) is 11.3. The number of hydrogen-bond donors (Lipinski definition) is 2. The van der Waals surface area contributed by atoms with Crippen molar-refractivity contribution < 1.29 is 47.7 Å². The molecule has 0 aliphatic heterocycles. The van der Waals surface area contributed by atoms with Crippen molar-refractivity contribution in [3.05, 3.63) is 52.0 Å². The van der Waals surface area contributed by atoms with E-state index in [1.54, 1.807) is 19.1 Å². The van der Waals surface area contributed by atoms with Gasteiger partial charge in [-0.3, -0.25) is 28.8 Å². The molecule has 0 aliphatic rings. The zero-order chi connectivity index (χ0) is 35.7. The van der Waals surface area contributed by atoms with Gasteiger partial charge in [-0.1, -0.05) is 52.9 Å². The van der Waals surface area contributed by atoms with Crippen molar-refractivity contribution in [2.24, 2.45) is 5.92 Å². The van der Waals surface area contributed by atoms with E-state index in [-0.39, 0.29) is 43.5 Å². The molecule has 15 heteroatoms. The molecule has 264 valence electrons. The summed E-state index contributed by atoms with van der Waals surface area (Å²) in [6.45, 7) is 4.47. The molecule has 0 aliphatic carbocycles. The molecule has 0 bridgehead atoms. The van der Waals surface area contributed by atoms with Crippen molar-refractivity contribution in [2.45, 2.75) is 70.6 Å². The van der Waals surface area contributed by atoms with Gasteiger partial charge < -0.3 is 29.6 Å². The maximum atomic E-state index is 14.1. The lowest BCUT2D eigenvalue weighted by molar-refractivity contribution is -0.164. The van der Waals surface area contributed by atoms with Crippen molar-refractivity contribution >= 4 is 69.2 Å². The van der Waals surface area contributed by atoms with Crippen LogP contribution in [0.2, 0.25) is 0 Å². The van der Waals surface area contributed by atoms with Crippen LogP contribution in [0.5, 0.6) is 0 Å². The van der Waals surface area contributed by atoms with Gasteiger partial charge in [0.05, 0.1) is 43.0 Å². The Balaban J connectivity index is 2.22. The Bertz CT molecular complexity index is 1390. The topological polar surface area (TPSA) is 176 Å². The lowest BCUT2D eigenvalue weighted by atomic mass is 9.91. The highest BCUT2D eigenvalue weighted by atomic mass is 127. The second-order valence-corrected chi connectivity index (χ2v) is 13.3. The number of ketones is 2. The molecule has 0 fully saturated rings. The number of benzene rings is 1. The van der Waals surface area contributed by atoms with Crippen LogP contribution in [0.15, 0.2) is 36.5 Å². The number of Topliss-reactive ketones (excluding diaryl/α,β-unsaturated/α-hetero) is 2. The Hall–Kier alpha value is -3.28. The van der Waals surface area contributed by atoms with Crippen LogP contribution >= 0.6 is 33.9 Å². The minimum Gasteiger partial charge on any atom is -0.466 e. The zero-order valence-corrected chi connectivity index (χ0v) is 30.9. The van der Waals surface area contributed by atoms with Crippen LogP contribution in [0.25, 0.3) is 0 Å². The summed E-state index contributed by atoms with van der Waals surface area (Å²) in [5.74, 6) is -4.11. The van der Waals surface area contributed by atoms with E-state index < -0.39 is 58.9 Å². The summed E-state index contributed by atoms with van der Waals surface area (Å²) in [5.41, 5.74) is -0.820. The van der Waals surface area contributed by atoms with Gasteiger partial charge in [0, 0.05) is 38.4 Å². The predicted octanol–water partition coefficient (Wildman–Crippen LogP) is 3.19. The second kappa shape index (κ2) is 20.9. The third-order valence-corrected chi connectivity index (χ3v) is 9.54. The summed E-state index contributed by atoms with van der Waals surface area (Å²) in [6.07, 6.45) is 2.06. The molecule has 1 aromatic heterocycles. The number of thiazole rings is 1. The molecule has 4 atom stereocenters. The number of unbranched alkanes of at least 4 members (excludes halogenated alkanes) is 1. The highest BCUT2D eigenvalue weighted by Crippen LogP contribution is 2.22. The van der Waals surface area contributed by atoms with Gasteiger partial charge in [0.25, 0.3) is 5.91 Å². The number of carbonyl (C=O) groups is 6. The van der Waals surface area contributed by atoms with Crippen LogP contribution in [-0.2, 0) is 49.3 Å². The van der Waals surface area contributed by atoms with Crippen molar-refractivity contribution in [3.8, 4) is 0 Å². The van der Waals surface area contributed by atoms with Gasteiger partial charge in [0.15, 0.2) is 17.2 Å². The number of hydrogen-bond acceptors (Lipinski definition) is 12. The fraction of sp³-hybridized carbons (Fsp3) is 0.545. The molecule has 13 nitrogen and oxygen atoms in total. The fourth-order valence-corrected chi connectivity index (χ4v) is 5.85. The molecule has 2 aromatic rings. The number of nitrogens with one attached hydrogen (secondary N) is 2. The molecule has 0 spiro atoms. The number of aromatic nitrogens is 1. The van der Waals surface area contributed by atoms with Gasteiger partial charge in [-0.05, 0) is 38.7 Å². The fourth-order valence-electron chi connectivity index (χ4n) is 4.64. The molecular weight excluding hydrogens is 757 g/mol. The summed E-state index contributed by atoms with van der Waals surface area (Å²) in [6, 6.07) is 6.88. The van der Waals surface area contributed by atoms with E-state index in [2.05, 4.69) is 15.6 Å². The molecule has 2 N–H and O–H groups in total. The normalized spacial score (nSPS) is 14.1. The quantitative estimate of drug-likeness (QED) is 0.0775. The number of ether oxygens (including phenoxy) is 4. The molecule has 1 heterocycles. The van der Waals surface area contributed by atoms with Crippen molar-refractivity contribution in [2.75, 3.05) is 38.5 Å². The Labute approximate surface area is 298 Å². The first-order valence-corrected chi connectivity index (χ1v) is 17.7. The monoisotopic (exact) mass is 801 g/mol. The first kappa shape index (κ1) is 40.9. The molecule has 48 heavy (non-hydrogen) atoms. The van der Waals surface area contributed by atoms with Gasteiger partial charge in [0.2, 0.25) is 5.91 Å². The van der Waals surface area contributed by atoms with Crippen LogP contribution in [-0.4, -0.2) is 96.5 Å². The van der Waals surface area contributed by atoms with Gasteiger partial charge in [-0.25, -0.2) is 4.98 Å². The van der Waals surface area contributed by atoms with Crippen LogP contribution in [0, 0.1) is 12.8 Å². The smallest absolute Gasteiger partial charge is 0.306 e. The van der Waals surface area contributed by atoms with Crippen LogP contribution in [0.1, 0.15) is 59.8 Å². The summed E-state index contributed by atoms with van der Waals surface area (Å²) in [5, 5.41) is 6.14. The largest absolute Gasteiger partial charge is 0.466 e. The SMILES string of the molecule is COC[C@H](CC(=O)[C@H](COC)NC(=O)c1cnc(C)s1)C(=O)N[C@@H](Cc1ccccc1)C(=O)[C@@](C)(CI)OC(=O)CCCCOC(C)=O. The van der Waals surface area contributed by atoms with Gasteiger partial charge >= 0.3 is 11.9 Å². The Morgan fingerprint density at radius 1 is 0.979 bits per heavy atom. The minimum absolute atomic E-state index is 0.0102. The number of amides is 2. The number of nitrogens with zero attached hydrogens (tertiary/aromatic N) is 1. The zero-order valence-electron chi connectivity index (χ0n) is 27.9. The molecule has 0 unspecified atom stereocenters. The van der Waals surface area contributed by atoms with Crippen LogP contribution < -0.4 is 10.6 Å². The number of carbonyl (C=O) groups excluding carboxylic acids is 6. The van der Waals surface area contributed by atoms with E-state index in [1.165, 1.54) is 45.6 Å². The van der Waals surface area contributed by atoms with Crippen molar-refractivity contribution in [1.82, 2.24) is 15.6 Å². The number of aryl methyl sites for hydroxylation is 1. The minimum atomic E-state index is -1.57. The van der Waals surface area contributed by atoms with Crippen LogP contribution in [0.3, 0.4) is 0 Å². The van der Waals surface area contributed by atoms with E-state index in [9.17, 15) is 28.8 Å². The lowest BCUT2D eigenvalue weighted by Crippen LogP contribution is -2.55. The van der Waals surface area contributed by atoms with E-state index in [0.29, 0.717) is 22.7 Å². The summed E-state index contributed by atoms with van der Waals surface area (Å²) in [4.78, 5) is 82.0. The highest BCUT2D eigenvalue weighted by molar-refractivity contribution is 14.1. The Kier molecular flexibility index (Phi) is 17.8. The van der Waals surface area contributed by atoms with E-state index in [4.69, 9.17) is 18.9 Å². The maximum absolute atomic E-state index is 14.1. The molecular formula is C33H44IN3O10S. The van der Waals surface area contributed by atoms with E-state index in [0.717, 1.165) is 5.56 Å². The van der Waals surface area contributed by atoms with E-state index >= 15 is 0 Å². The highest BCUT2D eigenvalue weighted by Gasteiger charge is 2.42. The number of halogens is 1. The average molecular weight is 802 g/mol. The molecule has 0 saturated heterocycles. The first-order chi connectivity index (χ1) is 22.8. The van der Waals surface area contributed by atoms with Gasteiger partial charge in [0.1, 0.15) is 10.9 Å². The Morgan fingerprint density at radius 3 is 2.25 bits per heavy atom. The van der Waals surface area contributed by atoms with E-state index in [1.807, 2.05) is 40.8 Å². The van der Waals surface area contributed by atoms with Crippen molar-refractivity contribution in [1.29, 1.82) is 0 Å².